The number of rotatable bonds is 8. The van der Waals surface area contributed by atoms with E-state index in [-0.39, 0.29) is 0 Å². The van der Waals surface area contributed by atoms with Gasteiger partial charge in [-0.2, -0.15) is 0 Å². The summed E-state index contributed by atoms with van der Waals surface area (Å²) in [6.07, 6.45) is -1.09. The lowest BCUT2D eigenvalue weighted by Crippen LogP contribution is -2.11. The number of hydrogen-bond acceptors (Lipinski definition) is 4. The molecular weight excluding hydrogens is 498 g/mol. The summed E-state index contributed by atoms with van der Waals surface area (Å²) < 4.78 is 12.0. The molecule has 0 aliphatic carbocycles. The zero-order valence-electron chi connectivity index (χ0n) is 22.7. The van der Waals surface area contributed by atoms with E-state index in [1.807, 2.05) is 104 Å². The molecule has 3 N–H and O–H groups in total. The number of primary amides is 1. The molecule has 1 atom stereocenters. The average molecular weight is 530 g/mol. The van der Waals surface area contributed by atoms with Crippen molar-refractivity contribution in [3.8, 4) is 44.9 Å². The van der Waals surface area contributed by atoms with Gasteiger partial charge in [-0.1, -0.05) is 97.1 Å². The molecule has 0 spiro atoms. The fourth-order valence-electron chi connectivity index (χ4n) is 5.27. The van der Waals surface area contributed by atoms with Crippen molar-refractivity contribution in [3.63, 3.8) is 0 Å². The number of benzene rings is 5. The third-order valence-corrected chi connectivity index (χ3v) is 7.06. The summed E-state index contributed by atoms with van der Waals surface area (Å²) in [6, 6.07) is 35.0. The van der Waals surface area contributed by atoms with E-state index in [1.165, 1.54) is 0 Å². The van der Waals surface area contributed by atoms with Crippen molar-refractivity contribution in [3.05, 3.63) is 131 Å². The first-order chi connectivity index (χ1) is 19.4. The highest BCUT2D eigenvalue weighted by Gasteiger charge is 2.27. The van der Waals surface area contributed by atoms with Crippen LogP contribution in [0.2, 0.25) is 0 Å². The molecule has 0 aliphatic rings. The molecule has 0 heterocycles. The summed E-state index contributed by atoms with van der Waals surface area (Å²) in [5.41, 5.74) is 13.2. The quantitative estimate of drug-likeness (QED) is 0.223. The van der Waals surface area contributed by atoms with Crippen molar-refractivity contribution in [2.75, 3.05) is 14.2 Å². The van der Waals surface area contributed by atoms with Gasteiger partial charge in [0.05, 0.1) is 14.2 Å². The molecule has 5 aromatic rings. The van der Waals surface area contributed by atoms with E-state index in [4.69, 9.17) is 15.2 Å². The molecule has 1 amide bonds. The van der Waals surface area contributed by atoms with Crippen LogP contribution in [0, 0.1) is 6.92 Å². The van der Waals surface area contributed by atoms with Gasteiger partial charge >= 0.3 is 0 Å². The highest BCUT2D eigenvalue weighted by molar-refractivity contribution is 5.95. The van der Waals surface area contributed by atoms with Crippen LogP contribution < -0.4 is 15.2 Å². The van der Waals surface area contributed by atoms with Crippen LogP contribution in [0.5, 0.6) is 11.5 Å². The molecular formula is C35H31NO4. The van der Waals surface area contributed by atoms with E-state index in [0.29, 0.717) is 28.2 Å². The topological polar surface area (TPSA) is 81.8 Å². The smallest absolute Gasteiger partial charge is 0.248 e. The van der Waals surface area contributed by atoms with E-state index < -0.39 is 12.0 Å². The predicted molar refractivity (Wildman–Crippen MR) is 160 cm³/mol. The first-order valence-electron chi connectivity index (χ1n) is 13.0. The molecule has 0 fully saturated rings. The summed E-state index contributed by atoms with van der Waals surface area (Å²) in [5, 5.41) is 12.2. The molecule has 0 radical (unpaired) electrons. The first kappa shape index (κ1) is 26.7. The number of carbonyl (C=O) groups excluding carboxylic acids is 1. The Bertz CT molecular complexity index is 1660. The summed E-state index contributed by atoms with van der Waals surface area (Å²) in [6.45, 7) is 1.91. The van der Waals surface area contributed by atoms with Crippen LogP contribution in [-0.2, 0) is 0 Å². The monoisotopic (exact) mass is 529 g/mol. The molecule has 5 nitrogen and oxygen atoms in total. The Hall–Kier alpha value is -4.87. The fraction of sp³-hybridized carbons (Fsp3) is 0.114. The van der Waals surface area contributed by atoms with E-state index in [2.05, 4.69) is 0 Å². The lowest BCUT2D eigenvalue weighted by molar-refractivity contribution is 0.1000. The molecule has 5 rings (SSSR count). The Morgan fingerprint density at radius 3 is 1.85 bits per heavy atom. The summed E-state index contributed by atoms with van der Waals surface area (Å²) >= 11 is 0. The second-order valence-corrected chi connectivity index (χ2v) is 9.62. The van der Waals surface area contributed by atoms with Crippen LogP contribution in [0.25, 0.3) is 33.4 Å². The maximum absolute atomic E-state index is 12.2. The Balaban J connectivity index is 1.78. The zero-order chi connectivity index (χ0) is 28.2. The van der Waals surface area contributed by atoms with E-state index in [1.54, 1.807) is 26.4 Å². The largest absolute Gasteiger partial charge is 0.496 e. The van der Waals surface area contributed by atoms with Crippen molar-refractivity contribution >= 4 is 5.91 Å². The van der Waals surface area contributed by atoms with Gasteiger partial charge in [0, 0.05) is 27.8 Å². The molecule has 0 aromatic heterocycles. The van der Waals surface area contributed by atoms with Crippen LogP contribution in [0.4, 0.5) is 0 Å². The number of amides is 1. The summed E-state index contributed by atoms with van der Waals surface area (Å²) in [5.74, 6) is 0.578. The number of aliphatic hydroxyl groups excluding tert-OH is 1. The van der Waals surface area contributed by atoms with Gasteiger partial charge in [-0.15, -0.1) is 0 Å². The minimum absolute atomic E-state index is 0.406. The number of para-hydroxylation sites is 1. The van der Waals surface area contributed by atoms with Gasteiger partial charge in [0.25, 0.3) is 0 Å². The van der Waals surface area contributed by atoms with Gasteiger partial charge in [0.1, 0.15) is 17.6 Å². The van der Waals surface area contributed by atoms with Crippen molar-refractivity contribution in [2.45, 2.75) is 13.0 Å². The van der Waals surface area contributed by atoms with Crippen LogP contribution in [0.1, 0.15) is 33.2 Å². The van der Waals surface area contributed by atoms with E-state index in [9.17, 15) is 9.90 Å². The molecule has 0 saturated carbocycles. The molecule has 200 valence electrons. The minimum atomic E-state index is -1.09. The Morgan fingerprint density at radius 2 is 1.25 bits per heavy atom. The summed E-state index contributed by atoms with van der Waals surface area (Å²) in [4.78, 5) is 12.0. The predicted octanol–water partition coefficient (Wildman–Crippen LogP) is 7.19. The van der Waals surface area contributed by atoms with Gasteiger partial charge in [-0.05, 0) is 46.9 Å². The highest BCUT2D eigenvalue weighted by Crippen LogP contribution is 2.47. The maximum Gasteiger partial charge on any atom is 0.248 e. The van der Waals surface area contributed by atoms with Crippen molar-refractivity contribution in [1.29, 1.82) is 0 Å². The SMILES string of the molecule is COc1c(-c2ccccc2)cccc1C(O)c1c(-c2ccccc2)ccc(-c2cc(C)cc(C(N)=O)c2)c1OC. The molecule has 0 bridgehead atoms. The minimum Gasteiger partial charge on any atom is -0.496 e. The average Bonchev–Trinajstić information content (AvgIpc) is 3.00. The number of carbonyl (C=O) groups is 1. The molecule has 5 aromatic carbocycles. The number of aryl methyl sites for hydroxylation is 1. The molecule has 40 heavy (non-hydrogen) atoms. The Morgan fingerprint density at radius 1 is 0.675 bits per heavy atom. The summed E-state index contributed by atoms with van der Waals surface area (Å²) in [7, 11) is 3.20. The van der Waals surface area contributed by atoms with Crippen molar-refractivity contribution in [1.82, 2.24) is 0 Å². The second kappa shape index (κ2) is 11.5. The molecule has 5 heteroatoms. The highest BCUT2D eigenvalue weighted by atomic mass is 16.5. The number of nitrogens with two attached hydrogens (primary N) is 1. The maximum atomic E-state index is 12.2. The Kier molecular flexibility index (Phi) is 7.67. The second-order valence-electron chi connectivity index (χ2n) is 9.62. The molecule has 0 aliphatic heterocycles. The number of hydrogen-bond donors (Lipinski definition) is 2. The number of aliphatic hydroxyl groups is 1. The van der Waals surface area contributed by atoms with Crippen LogP contribution in [0.15, 0.2) is 109 Å². The van der Waals surface area contributed by atoms with Crippen LogP contribution in [-0.4, -0.2) is 25.2 Å². The van der Waals surface area contributed by atoms with E-state index in [0.717, 1.165) is 38.9 Å². The standard InChI is InChI=1S/C35H31NO4/c1-22-19-25(21-26(20-22)35(36)38)29-18-17-27(23-11-6-4-7-12-23)31(34(29)40-3)32(37)30-16-10-15-28(33(30)39-2)24-13-8-5-9-14-24/h4-21,32,37H,1-3H3,(H2,36,38). The number of methoxy groups -OCH3 is 2. The van der Waals surface area contributed by atoms with Crippen LogP contribution in [0.3, 0.4) is 0 Å². The Labute approximate surface area is 234 Å². The molecule has 1 unspecified atom stereocenters. The lowest BCUT2D eigenvalue weighted by atomic mass is 9.86. The normalized spacial score (nSPS) is 11.6. The third-order valence-electron chi connectivity index (χ3n) is 7.06. The zero-order valence-corrected chi connectivity index (χ0v) is 22.7. The number of ether oxygens (including phenoxy) is 2. The first-order valence-corrected chi connectivity index (χ1v) is 13.0. The molecule has 0 saturated heterocycles. The lowest BCUT2D eigenvalue weighted by Gasteiger charge is -2.24. The fourth-order valence-corrected chi connectivity index (χ4v) is 5.27. The van der Waals surface area contributed by atoms with Crippen molar-refractivity contribution in [2.24, 2.45) is 5.73 Å². The van der Waals surface area contributed by atoms with Crippen molar-refractivity contribution < 1.29 is 19.4 Å². The van der Waals surface area contributed by atoms with E-state index >= 15 is 0 Å². The van der Waals surface area contributed by atoms with Gasteiger partial charge in [-0.3, -0.25) is 4.79 Å². The van der Waals surface area contributed by atoms with Gasteiger partial charge < -0.3 is 20.3 Å². The van der Waals surface area contributed by atoms with Gasteiger partial charge in [-0.25, -0.2) is 0 Å². The van der Waals surface area contributed by atoms with Gasteiger partial charge in [0.2, 0.25) is 5.91 Å². The van der Waals surface area contributed by atoms with Crippen LogP contribution >= 0.6 is 0 Å². The third kappa shape index (κ3) is 5.07. The van der Waals surface area contributed by atoms with Gasteiger partial charge in [0.15, 0.2) is 0 Å².